The number of sulfonamides is 1. The molecule has 1 fully saturated rings. The molecule has 1 aliphatic heterocycles. The summed E-state index contributed by atoms with van der Waals surface area (Å²) >= 11 is 0. The number of amides is 1. The molecule has 142 valence electrons. The van der Waals surface area contributed by atoms with Crippen molar-refractivity contribution in [1.82, 2.24) is 18.8 Å². The van der Waals surface area contributed by atoms with Gasteiger partial charge in [0, 0.05) is 45.3 Å². The zero-order valence-corrected chi connectivity index (χ0v) is 16.2. The lowest BCUT2D eigenvalue weighted by Crippen LogP contribution is -2.48. The molecule has 9 heteroatoms. The van der Waals surface area contributed by atoms with Crippen LogP contribution in [-0.4, -0.2) is 65.5 Å². The van der Waals surface area contributed by atoms with Gasteiger partial charge in [0.25, 0.3) is 0 Å². The van der Waals surface area contributed by atoms with Crippen molar-refractivity contribution in [3.05, 3.63) is 24.0 Å². The van der Waals surface area contributed by atoms with Gasteiger partial charge in [-0.05, 0) is 25.1 Å². The molecular formula is C17H25N5O3S. The standard InChI is InChI=1S/C17H25N5O3S/c1-4-22-16-6-5-14(18-13(2)23)11-15(16)19-17(22)12-20-7-9-21(10-8-20)26(3,24)25/h5-6,11H,4,7-10,12H2,1-3H3,(H,18,23). The van der Waals surface area contributed by atoms with Gasteiger partial charge in [0.15, 0.2) is 0 Å². The van der Waals surface area contributed by atoms with Crippen LogP contribution in [0.2, 0.25) is 0 Å². The van der Waals surface area contributed by atoms with Gasteiger partial charge in [0.1, 0.15) is 5.82 Å². The Morgan fingerprint density at radius 3 is 2.50 bits per heavy atom. The number of nitrogens with zero attached hydrogens (tertiary/aromatic N) is 4. The quantitative estimate of drug-likeness (QED) is 0.840. The first-order valence-corrected chi connectivity index (χ1v) is 10.6. The molecule has 0 saturated carbocycles. The summed E-state index contributed by atoms with van der Waals surface area (Å²) in [4.78, 5) is 18.2. The van der Waals surface area contributed by atoms with Gasteiger partial charge in [-0.1, -0.05) is 0 Å². The predicted octanol–water partition coefficient (Wildman–Crippen LogP) is 1.09. The van der Waals surface area contributed by atoms with Crippen molar-refractivity contribution >= 4 is 32.7 Å². The second kappa shape index (κ2) is 7.34. The number of benzene rings is 1. The predicted molar refractivity (Wildman–Crippen MR) is 101 cm³/mol. The second-order valence-corrected chi connectivity index (χ2v) is 8.58. The van der Waals surface area contributed by atoms with E-state index in [1.165, 1.54) is 17.5 Å². The smallest absolute Gasteiger partial charge is 0.221 e. The van der Waals surface area contributed by atoms with E-state index in [1.807, 2.05) is 18.2 Å². The van der Waals surface area contributed by atoms with Gasteiger partial charge in [-0.15, -0.1) is 0 Å². The van der Waals surface area contributed by atoms with Crippen LogP contribution >= 0.6 is 0 Å². The fourth-order valence-electron chi connectivity index (χ4n) is 3.35. The molecule has 1 N–H and O–H groups in total. The van der Waals surface area contributed by atoms with E-state index in [1.54, 1.807) is 0 Å². The van der Waals surface area contributed by atoms with Crippen LogP contribution < -0.4 is 5.32 Å². The molecule has 0 radical (unpaired) electrons. The summed E-state index contributed by atoms with van der Waals surface area (Å²) in [6.45, 7) is 7.44. The highest BCUT2D eigenvalue weighted by Crippen LogP contribution is 2.22. The third kappa shape index (κ3) is 4.05. The topological polar surface area (TPSA) is 87.5 Å². The fourth-order valence-corrected chi connectivity index (χ4v) is 4.18. The van der Waals surface area contributed by atoms with Crippen molar-refractivity contribution in [3.63, 3.8) is 0 Å². The maximum atomic E-state index is 11.6. The van der Waals surface area contributed by atoms with Gasteiger partial charge in [-0.25, -0.2) is 13.4 Å². The average Bonchev–Trinajstić information content (AvgIpc) is 2.90. The number of imidazole rings is 1. The zero-order valence-electron chi connectivity index (χ0n) is 15.4. The Labute approximate surface area is 153 Å². The Balaban J connectivity index is 1.78. The van der Waals surface area contributed by atoms with Gasteiger partial charge in [0.2, 0.25) is 15.9 Å². The average molecular weight is 379 g/mol. The number of hydrogen-bond donors (Lipinski definition) is 1. The fraction of sp³-hybridized carbons (Fsp3) is 0.529. The number of aryl methyl sites for hydroxylation is 1. The van der Waals surface area contributed by atoms with E-state index in [-0.39, 0.29) is 5.91 Å². The molecular weight excluding hydrogens is 354 g/mol. The molecule has 0 atom stereocenters. The molecule has 2 heterocycles. The number of rotatable bonds is 5. The van der Waals surface area contributed by atoms with E-state index in [0.717, 1.165) is 29.1 Å². The summed E-state index contributed by atoms with van der Waals surface area (Å²) in [6, 6.07) is 5.74. The van der Waals surface area contributed by atoms with Crippen molar-refractivity contribution in [2.24, 2.45) is 0 Å². The minimum atomic E-state index is -3.12. The molecule has 1 saturated heterocycles. The first-order chi connectivity index (χ1) is 12.3. The SMILES string of the molecule is CCn1c(CN2CCN(S(C)(=O)=O)CC2)nc2cc(NC(C)=O)ccc21. The third-order valence-corrected chi connectivity index (χ3v) is 5.93. The van der Waals surface area contributed by atoms with E-state index in [0.29, 0.717) is 32.7 Å². The van der Waals surface area contributed by atoms with E-state index >= 15 is 0 Å². The number of aromatic nitrogens is 2. The van der Waals surface area contributed by atoms with Gasteiger partial charge >= 0.3 is 0 Å². The van der Waals surface area contributed by atoms with Gasteiger partial charge in [-0.3, -0.25) is 9.69 Å². The van der Waals surface area contributed by atoms with Crippen LogP contribution in [0.25, 0.3) is 11.0 Å². The molecule has 2 aromatic rings. The van der Waals surface area contributed by atoms with Crippen LogP contribution in [0, 0.1) is 0 Å². The molecule has 1 aromatic carbocycles. The Hall–Kier alpha value is -1.97. The van der Waals surface area contributed by atoms with Gasteiger partial charge in [-0.2, -0.15) is 4.31 Å². The number of piperazine rings is 1. The highest BCUT2D eigenvalue weighted by atomic mass is 32.2. The summed E-state index contributed by atoms with van der Waals surface area (Å²) in [5.74, 6) is 0.846. The Kier molecular flexibility index (Phi) is 5.31. The molecule has 0 spiro atoms. The number of fused-ring (bicyclic) bond motifs is 1. The maximum absolute atomic E-state index is 11.6. The van der Waals surface area contributed by atoms with Crippen LogP contribution in [0.4, 0.5) is 5.69 Å². The van der Waals surface area contributed by atoms with Gasteiger partial charge < -0.3 is 9.88 Å². The van der Waals surface area contributed by atoms with Crippen LogP contribution in [0.5, 0.6) is 0 Å². The first kappa shape index (κ1) is 18.8. The molecule has 1 aliphatic rings. The minimum absolute atomic E-state index is 0.108. The number of nitrogens with one attached hydrogen (secondary N) is 1. The normalized spacial score (nSPS) is 16.9. The Bertz CT molecular complexity index is 914. The highest BCUT2D eigenvalue weighted by Gasteiger charge is 2.24. The lowest BCUT2D eigenvalue weighted by atomic mass is 10.2. The van der Waals surface area contributed by atoms with Crippen molar-refractivity contribution in [2.75, 3.05) is 37.8 Å². The van der Waals surface area contributed by atoms with Crippen LogP contribution in [-0.2, 0) is 27.9 Å². The molecule has 8 nitrogen and oxygen atoms in total. The van der Waals surface area contributed by atoms with E-state index in [2.05, 4.69) is 21.7 Å². The summed E-state index contributed by atoms with van der Waals surface area (Å²) < 4.78 is 27.0. The van der Waals surface area contributed by atoms with Crippen molar-refractivity contribution < 1.29 is 13.2 Å². The number of carbonyl (C=O) groups excluding carboxylic acids is 1. The molecule has 26 heavy (non-hydrogen) atoms. The molecule has 1 amide bonds. The highest BCUT2D eigenvalue weighted by molar-refractivity contribution is 7.88. The third-order valence-electron chi connectivity index (χ3n) is 4.63. The Morgan fingerprint density at radius 2 is 1.92 bits per heavy atom. The minimum Gasteiger partial charge on any atom is -0.327 e. The number of hydrogen-bond acceptors (Lipinski definition) is 5. The molecule has 0 bridgehead atoms. The van der Waals surface area contributed by atoms with Crippen molar-refractivity contribution in [2.45, 2.75) is 26.9 Å². The second-order valence-electron chi connectivity index (χ2n) is 6.60. The van der Waals surface area contributed by atoms with E-state index < -0.39 is 10.0 Å². The number of carbonyl (C=O) groups is 1. The van der Waals surface area contributed by atoms with Crippen molar-refractivity contribution in [1.29, 1.82) is 0 Å². The van der Waals surface area contributed by atoms with Crippen LogP contribution in [0.1, 0.15) is 19.7 Å². The van der Waals surface area contributed by atoms with E-state index in [4.69, 9.17) is 4.98 Å². The Morgan fingerprint density at radius 1 is 1.23 bits per heavy atom. The van der Waals surface area contributed by atoms with Crippen LogP contribution in [0.3, 0.4) is 0 Å². The van der Waals surface area contributed by atoms with Crippen molar-refractivity contribution in [3.8, 4) is 0 Å². The molecule has 0 aliphatic carbocycles. The van der Waals surface area contributed by atoms with E-state index in [9.17, 15) is 13.2 Å². The number of anilines is 1. The zero-order chi connectivity index (χ0) is 18.9. The van der Waals surface area contributed by atoms with Crippen LogP contribution in [0.15, 0.2) is 18.2 Å². The molecule has 3 rings (SSSR count). The first-order valence-electron chi connectivity index (χ1n) is 8.72. The largest absolute Gasteiger partial charge is 0.327 e. The summed E-state index contributed by atoms with van der Waals surface area (Å²) in [5, 5.41) is 2.78. The molecule has 0 unspecified atom stereocenters. The lowest BCUT2D eigenvalue weighted by Gasteiger charge is -2.32. The summed E-state index contributed by atoms with van der Waals surface area (Å²) in [7, 11) is -3.12. The molecule has 1 aromatic heterocycles. The maximum Gasteiger partial charge on any atom is 0.221 e. The summed E-state index contributed by atoms with van der Waals surface area (Å²) in [5.41, 5.74) is 2.62. The monoisotopic (exact) mass is 379 g/mol. The van der Waals surface area contributed by atoms with Gasteiger partial charge in [0.05, 0.1) is 23.8 Å². The summed E-state index contributed by atoms with van der Waals surface area (Å²) in [6.07, 6.45) is 1.26. The lowest BCUT2D eigenvalue weighted by molar-refractivity contribution is -0.114.